The molecule has 0 atom stereocenters. The molecular weight excluding hydrogens is 222 g/mol. The van der Waals surface area contributed by atoms with Gasteiger partial charge in [-0.25, -0.2) is 0 Å². The summed E-state index contributed by atoms with van der Waals surface area (Å²) in [6, 6.07) is 1.64. The van der Waals surface area contributed by atoms with Crippen LogP contribution in [0.15, 0.2) is 10.5 Å². The number of carbonyl (C=O) groups excluding carboxylic acids is 1. The van der Waals surface area contributed by atoms with Gasteiger partial charge in [-0.05, 0) is 33.8 Å². The maximum absolute atomic E-state index is 11.8. The van der Waals surface area contributed by atoms with Crippen LogP contribution < -0.4 is 5.32 Å². The van der Waals surface area contributed by atoms with Crippen molar-refractivity contribution in [2.75, 3.05) is 6.54 Å². The van der Waals surface area contributed by atoms with Gasteiger partial charge in [0.2, 0.25) is 0 Å². The molecule has 0 aliphatic heterocycles. The van der Waals surface area contributed by atoms with E-state index >= 15 is 0 Å². The SMILES string of the molecule is Cc1cc(C(=O)NCC(C)(C)C(=O)O)c(C)o1. The lowest BCUT2D eigenvalue weighted by Gasteiger charge is -2.19. The monoisotopic (exact) mass is 239 g/mol. The molecular formula is C12H17NO4. The fourth-order valence-electron chi connectivity index (χ4n) is 1.33. The Hall–Kier alpha value is -1.78. The van der Waals surface area contributed by atoms with E-state index in [9.17, 15) is 9.59 Å². The second-order valence-electron chi connectivity index (χ2n) is 4.70. The molecule has 0 fully saturated rings. The molecule has 17 heavy (non-hydrogen) atoms. The van der Waals surface area contributed by atoms with Crippen LogP contribution in [0.4, 0.5) is 0 Å². The van der Waals surface area contributed by atoms with E-state index in [0.717, 1.165) is 0 Å². The highest BCUT2D eigenvalue weighted by molar-refractivity contribution is 5.95. The number of rotatable bonds is 4. The van der Waals surface area contributed by atoms with Crippen molar-refractivity contribution in [3.63, 3.8) is 0 Å². The minimum atomic E-state index is -0.984. The molecule has 0 radical (unpaired) electrons. The average molecular weight is 239 g/mol. The number of furan rings is 1. The van der Waals surface area contributed by atoms with E-state index in [-0.39, 0.29) is 12.5 Å². The molecule has 94 valence electrons. The Morgan fingerprint density at radius 1 is 1.41 bits per heavy atom. The molecule has 0 unspecified atom stereocenters. The van der Waals surface area contributed by atoms with Crippen molar-refractivity contribution < 1.29 is 19.1 Å². The lowest BCUT2D eigenvalue weighted by Crippen LogP contribution is -2.38. The van der Waals surface area contributed by atoms with Crippen LogP contribution in [-0.2, 0) is 4.79 Å². The maximum Gasteiger partial charge on any atom is 0.310 e. The molecule has 1 rings (SSSR count). The lowest BCUT2D eigenvalue weighted by atomic mass is 9.94. The van der Waals surface area contributed by atoms with Crippen LogP contribution in [0.3, 0.4) is 0 Å². The van der Waals surface area contributed by atoms with Crippen molar-refractivity contribution >= 4 is 11.9 Å². The van der Waals surface area contributed by atoms with Crippen molar-refractivity contribution in [3.05, 3.63) is 23.2 Å². The van der Waals surface area contributed by atoms with Crippen molar-refractivity contribution in [1.82, 2.24) is 5.32 Å². The zero-order valence-electron chi connectivity index (χ0n) is 10.5. The summed E-state index contributed by atoms with van der Waals surface area (Å²) in [5.74, 6) is -0.0650. The number of hydrogen-bond donors (Lipinski definition) is 2. The summed E-state index contributed by atoms with van der Waals surface area (Å²) in [4.78, 5) is 22.7. The van der Waals surface area contributed by atoms with Crippen LogP contribution in [0, 0.1) is 19.3 Å². The van der Waals surface area contributed by atoms with Gasteiger partial charge in [0.05, 0.1) is 11.0 Å². The van der Waals surface area contributed by atoms with Crippen LogP contribution >= 0.6 is 0 Å². The normalized spacial score (nSPS) is 11.3. The highest BCUT2D eigenvalue weighted by atomic mass is 16.4. The Bertz CT molecular complexity index is 445. The molecule has 1 heterocycles. The topological polar surface area (TPSA) is 79.5 Å². The Morgan fingerprint density at radius 3 is 2.41 bits per heavy atom. The summed E-state index contributed by atoms with van der Waals surface area (Å²) in [7, 11) is 0. The lowest BCUT2D eigenvalue weighted by molar-refractivity contribution is -0.146. The third-order valence-corrected chi connectivity index (χ3v) is 2.56. The molecule has 0 aliphatic rings. The minimum Gasteiger partial charge on any atom is -0.481 e. The molecule has 0 aliphatic carbocycles. The first kappa shape index (κ1) is 13.3. The third-order valence-electron chi connectivity index (χ3n) is 2.56. The second-order valence-corrected chi connectivity index (χ2v) is 4.70. The first-order chi connectivity index (χ1) is 7.74. The predicted octanol–water partition coefficient (Wildman–Crippen LogP) is 1.74. The van der Waals surface area contributed by atoms with Crippen LogP contribution in [0.5, 0.6) is 0 Å². The molecule has 0 saturated carbocycles. The summed E-state index contributed by atoms with van der Waals surface area (Å²) in [5.41, 5.74) is -0.536. The van der Waals surface area contributed by atoms with E-state index in [1.807, 2.05) is 0 Å². The van der Waals surface area contributed by atoms with Gasteiger partial charge < -0.3 is 14.8 Å². The van der Waals surface area contributed by atoms with Crippen LogP contribution in [-0.4, -0.2) is 23.5 Å². The van der Waals surface area contributed by atoms with E-state index in [2.05, 4.69) is 5.32 Å². The number of carboxylic acid groups (broad SMARTS) is 1. The first-order valence-corrected chi connectivity index (χ1v) is 5.32. The fraction of sp³-hybridized carbons (Fsp3) is 0.500. The second kappa shape index (κ2) is 4.61. The number of nitrogens with one attached hydrogen (secondary N) is 1. The largest absolute Gasteiger partial charge is 0.481 e. The van der Waals surface area contributed by atoms with E-state index in [0.29, 0.717) is 17.1 Å². The Morgan fingerprint density at radius 2 is 2.00 bits per heavy atom. The number of aryl methyl sites for hydroxylation is 2. The van der Waals surface area contributed by atoms with Crippen LogP contribution in [0.1, 0.15) is 35.7 Å². The van der Waals surface area contributed by atoms with E-state index in [1.165, 1.54) is 0 Å². The van der Waals surface area contributed by atoms with Gasteiger partial charge in [0.1, 0.15) is 11.5 Å². The Balaban J connectivity index is 2.68. The number of carbonyl (C=O) groups is 2. The Labute approximate surface area is 99.8 Å². The zero-order valence-corrected chi connectivity index (χ0v) is 10.5. The number of carboxylic acids is 1. The molecule has 0 aromatic carbocycles. The van der Waals surface area contributed by atoms with E-state index < -0.39 is 11.4 Å². The zero-order chi connectivity index (χ0) is 13.2. The van der Waals surface area contributed by atoms with Crippen LogP contribution in [0.25, 0.3) is 0 Å². The van der Waals surface area contributed by atoms with Crippen LogP contribution in [0.2, 0.25) is 0 Å². The van der Waals surface area contributed by atoms with E-state index in [1.54, 1.807) is 33.8 Å². The first-order valence-electron chi connectivity index (χ1n) is 5.32. The minimum absolute atomic E-state index is 0.0742. The summed E-state index contributed by atoms with van der Waals surface area (Å²) < 4.78 is 5.24. The number of amides is 1. The fourth-order valence-corrected chi connectivity index (χ4v) is 1.33. The summed E-state index contributed by atoms with van der Waals surface area (Å²) in [6.45, 7) is 6.65. The maximum atomic E-state index is 11.8. The van der Waals surface area contributed by atoms with E-state index in [4.69, 9.17) is 9.52 Å². The summed E-state index contributed by atoms with van der Waals surface area (Å²) >= 11 is 0. The number of hydrogen-bond acceptors (Lipinski definition) is 3. The number of aliphatic carboxylic acids is 1. The molecule has 5 heteroatoms. The van der Waals surface area contributed by atoms with Crippen molar-refractivity contribution in [1.29, 1.82) is 0 Å². The third kappa shape index (κ3) is 3.09. The molecule has 1 amide bonds. The molecule has 0 saturated heterocycles. The molecule has 0 spiro atoms. The quantitative estimate of drug-likeness (QED) is 0.838. The van der Waals surface area contributed by atoms with Gasteiger partial charge in [-0.1, -0.05) is 0 Å². The summed E-state index contributed by atoms with van der Waals surface area (Å²) in [6.07, 6.45) is 0. The smallest absolute Gasteiger partial charge is 0.310 e. The van der Waals surface area contributed by atoms with Gasteiger partial charge in [0.15, 0.2) is 0 Å². The standard InChI is InChI=1S/C12H17NO4/c1-7-5-9(8(2)17-7)10(14)13-6-12(3,4)11(15)16/h5H,6H2,1-4H3,(H,13,14)(H,15,16). The highest BCUT2D eigenvalue weighted by Gasteiger charge is 2.28. The van der Waals surface area contributed by atoms with Crippen molar-refractivity contribution in [2.24, 2.45) is 5.41 Å². The van der Waals surface area contributed by atoms with Crippen molar-refractivity contribution in [2.45, 2.75) is 27.7 Å². The molecule has 2 N–H and O–H groups in total. The molecule has 1 aromatic heterocycles. The van der Waals surface area contributed by atoms with Gasteiger partial charge in [0, 0.05) is 6.54 Å². The van der Waals surface area contributed by atoms with Gasteiger partial charge in [-0.3, -0.25) is 9.59 Å². The summed E-state index contributed by atoms with van der Waals surface area (Å²) in [5, 5.41) is 11.5. The molecule has 0 bridgehead atoms. The van der Waals surface area contributed by atoms with Gasteiger partial charge >= 0.3 is 5.97 Å². The molecule has 1 aromatic rings. The van der Waals surface area contributed by atoms with Gasteiger partial charge in [-0.15, -0.1) is 0 Å². The predicted molar refractivity (Wildman–Crippen MR) is 61.9 cm³/mol. The van der Waals surface area contributed by atoms with Gasteiger partial charge in [0.25, 0.3) is 5.91 Å². The average Bonchev–Trinajstić information content (AvgIpc) is 2.54. The van der Waals surface area contributed by atoms with Crippen molar-refractivity contribution in [3.8, 4) is 0 Å². The van der Waals surface area contributed by atoms with Gasteiger partial charge in [-0.2, -0.15) is 0 Å². The highest BCUT2D eigenvalue weighted by Crippen LogP contribution is 2.16. The Kier molecular flexibility index (Phi) is 3.60. The molecule has 5 nitrogen and oxygen atoms in total.